The number of methoxy groups -OCH3 is 1. The van der Waals surface area contributed by atoms with Crippen molar-refractivity contribution in [1.82, 2.24) is 0 Å². The highest BCUT2D eigenvalue weighted by atomic mass is 35.5. The molecule has 2 aromatic carbocycles. The molecule has 0 N–H and O–H groups in total. The van der Waals surface area contributed by atoms with Crippen LogP contribution in [0.1, 0.15) is 32.6 Å². The molecule has 0 aliphatic carbocycles. The first-order chi connectivity index (χ1) is 12.9. The first-order valence-corrected chi connectivity index (χ1v) is 9.62. The Bertz CT molecular complexity index is 999. The van der Waals surface area contributed by atoms with E-state index in [4.69, 9.17) is 11.6 Å². The van der Waals surface area contributed by atoms with E-state index in [9.17, 15) is 26.4 Å². The second kappa shape index (κ2) is 8.00. The molecule has 10 heteroatoms. The molecule has 0 spiro atoms. The van der Waals surface area contributed by atoms with Crippen molar-refractivity contribution in [2.24, 2.45) is 0 Å². The topological polar surface area (TPSA) is 69.7 Å². The van der Waals surface area contributed by atoms with Crippen LogP contribution in [-0.4, -0.2) is 27.0 Å². The summed E-state index contributed by atoms with van der Waals surface area (Å²) in [6.45, 7) is 2.96. The number of hydrogen-bond donors (Lipinski definition) is 0. The van der Waals surface area contributed by atoms with Gasteiger partial charge in [0.15, 0.2) is 5.75 Å². The van der Waals surface area contributed by atoms with Crippen molar-refractivity contribution in [1.29, 1.82) is 0 Å². The molecule has 0 fully saturated rings. The molecule has 0 heterocycles. The van der Waals surface area contributed by atoms with E-state index >= 15 is 0 Å². The van der Waals surface area contributed by atoms with Crippen LogP contribution in [0.3, 0.4) is 0 Å². The van der Waals surface area contributed by atoms with E-state index in [1.54, 1.807) is 31.2 Å². The van der Waals surface area contributed by atoms with E-state index in [2.05, 4.69) is 8.92 Å². The average molecular weight is 437 g/mol. The molecule has 0 bridgehead atoms. The second-order valence-electron chi connectivity index (χ2n) is 5.94. The lowest BCUT2D eigenvalue weighted by atomic mass is 9.93. The number of hydrogen-bond acceptors (Lipinski definition) is 5. The van der Waals surface area contributed by atoms with Crippen LogP contribution in [0.2, 0.25) is 5.02 Å². The highest BCUT2D eigenvalue weighted by Crippen LogP contribution is 2.35. The van der Waals surface area contributed by atoms with Crippen LogP contribution in [0, 0.1) is 13.8 Å². The third kappa shape index (κ3) is 4.59. The number of esters is 1. The largest absolute Gasteiger partial charge is 0.534 e. The van der Waals surface area contributed by atoms with Crippen molar-refractivity contribution >= 4 is 27.7 Å². The predicted molar refractivity (Wildman–Crippen MR) is 97.1 cm³/mol. The maximum atomic E-state index is 12.7. The summed E-state index contributed by atoms with van der Waals surface area (Å²) in [5.74, 6) is -1.73. The van der Waals surface area contributed by atoms with Crippen LogP contribution >= 0.6 is 11.6 Å². The zero-order valence-corrected chi connectivity index (χ0v) is 16.6. The van der Waals surface area contributed by atoms with Crippen LogP contribution in [0.5, 0.6) is 5.75 Å². The molecule has 0 saturated carbocycles. The molecule has 5 nitrogen and oxygen atoms in total. The van der Waals surface area contributed by atoms with Gasteiger partial charge in [0.2, 0.25) is 0 Å². The summed E-state index contributed by atoms with van der Waals surface area (Å²) in [5.41, 5.74) is -4.06. The lowest BCUT2D eigenvalue weighted by Crippen LogP contribution is -2.29. The maximum Gasteiger partial charge on any atom is 0.534 e. The molecule has 0 aliphatic heterocycles. The Morgan fingerprint density at radius 3 is 2.18 bits per heavy atom. The fourth-order valence-corrected chi connectivity index (χ4v) is 3.15. The van der Waals surface area contributed by atoms with Crippen molar-refractivity contribution < 1.29 is 35.3 Å². The average Bonchev–Trinajstić information content (AvgIpc) is 2.61. The Morgan fingerprint density at radius 1 is 1.11 bits per heavy atom. The van der Waals surface area contributed by atoms with Crippen LogP contribution in [0.15, 0.2) is 30.3 Å². The molecule has 0 amide bonds. The van der Waals surface area contributed by atoms with Gasteiger partial charge >= 0.3 is 21.6 Å². The van der Waals surface area contributed by atoms with Gasteiger partial charge in [-0.1, -0.05) is 23.7 Å². The summed E-state index contributed by atoms with van der Waals surface area (Å²) in [7, 11) is -4.93. The monoisotopic (exact) mass is 436 g/mol. The summed E-state index contributed by atoms with van der Waals surface area (Å²) in [5, 5.41) is 0.535. The number of carbonyl (C=O) groups is 1. The van der Waals surface area contributed by atoms with Gasteiger partial charge < -0.3 is 8.92 Å². The minimum Gasteiger partial charge on any atom is -0.465 e. The first-order valence-electron chi connectivity index (χ1n) is 7.84. The molecule has 0 aliphatic rings. The van der Waals surface area contributed by atoms with E-state index in [1.165, 1.54) is 13.0 Å². The van der Waals surface area contributed by atoms with E-state index < -0.39 is 32.9 Å². The predicted octanol–water partition coefficient (Wildman–Crippen LogP) is 4.56. The number of alkyl halides is 3. The fourth-order valence-electron chi connectivity index (χ4n) is 2.49. The summed E-state index contributed by atoms with van der Waals surface area (Å²) in [6, 6.07) is 8.13. The molecule has 0 saturated heterocycles. The molecule has 0 unspecified atom stereocenters. The number of rotatable bonds is 5. The van der Waals surface area contributed by atoms with Crippen molar-refractivity contribution in [3.8, 4) is 5.75 Å². The van der Waals surface area contributed by atoms with Gasteiger partial charge in [0.05, 0.1) is 7.11 Å². The van der Waals surface area contributed by atoms with Crippen LogP contribution in [-0.2, 0) is 21.3 Å². The zero-order chi connectivity index (χ0) is 21.3. The number of benzene rings is 2. The quantitative estimate of drug-likeness (QED) is 0.390. The molecule has 0 aromatic heterocycles. The highest BCUT2D eigenvalue weighted by Gasteiger charge is 2.49. The van der Waals surface area contributed by atoms with Gasteiger partial charge in [-0.15, -0.1) is 0 Å². The third-order valence-corrected chi connectivity index (χ3v) is 5.34. The number of halogens is 4. The normalized spacial score (nSPS) is 12.0. The Kier molecular flexibility index (Phi) is 6.30. The van der Waals surface area contributed by atoms with Gasteiger partial charge in [0, 0.05) is 5.02 Å². The molecular formula is C18H16ClF3O5S. The summed E-state index contributed by atoms with van der Waals surface area (Å²) >= 11 is 5.85. The van der Waals surface area contributed by atoms with E-state index in [0.717, 1.165) is 12.7 Å². The van der Waals surface area contributed by atoms with Crippen molar-refractivity contribution in [2.45, 2.75) is 25.8 Å². The lowest BCUT2D eigenvalue weighted by Gasteiger charge is -2.18. The highest BCUT2D eigenvalue weighted by molar-refractivity contribution is 7.88. The smallest absolute Gasteiger partial charge is 0.465 e. The minimum absolute atomic E-state index is 0.0830. The van der Waals surface area contributed by atoms with Gasteiger partial charge in [-0.2, -0.15) is 21.6 Å². The summed E-state index contributed by atoms with van der Waals surface area (Å²) in [6.07, 6.45) is 0.333. The molecule has 0 radical (unpaired) electrons. The number of carbonyl (C=O) groups excluding carboxylic acids is 1. The van der Waals surface area contributed by atoms with Gasteiger partial charge in [0.25, 0.3) is 0 Å². The van der Waals surface area contributed by atoms with Crippen LogP contribution in [0.4, 0.5) is 13.2 Å². The molecule has 2 aromatic rings. The molecular weight excluding hydrogens is 421 g/mol. The van der Waals surface area contributed by atoms with Gasteiger partial charge in [-0.05, 0) is 60.7 Å². The van der Waals surface area contributed by atoms with Crippen molar-refractivity contribution in [3.05, 3.63) is 63.2 Å². The van der Waals surface area contributed by atoms with Crippen LogP contribution < -0.4 is 4.18 Å². The Balaban J connectivity index is 2.59. The minimum atomic E-state index is -5.95. The van der Waals surface area contributed by atoms with E-state index in [-0.39, 0.29) is 5.56 Å². The van der Waals surface area contributed by atoms with E-state index in [1.807, 2.05) is 0 Å². The first kappa shape index (κ1) is 22.0. The second-order valence-corrected chi connectivity index (χ2v) is 7.91. The number of ether oxygens (including phenoxy) is 1. The standard InChI is InChI=1S/C18H16ClF3O5S/c1-10-11(2)16(27-28(24,25)18(20,21)22)15(17(23)26-3)9-13(10)8-12-4-6-14(19)7-5-12/h4-7,9H,8H2,1-3H3. The van der Waals surface area contributed by atoms with Crippen molar-refractivity contribution in [3.63, 3.8) is 0 Å². The molecule has 28 heavy (non-hydrogen) atoms. The molecule has 152 valence electrons. The van der Waals surface area contributed by atoms with Crippen molar-refractivity contribution in [2.75, 3.05) is 7.11 Å². The lowest BCUT2D eigenvalue weighted by molar-refractivity contribution is -0.0500. The summed E-state index contributed by atoms with van der Waals surface area (Å²) < 4.78 is 69.9. The Hall–Kier alpha value is -2.26. The SMILES string of the molecule is COC(=O)c1cc(Cc2ccc(Cl)cc2)c(C)c(C)c1OS(=O)(=O)C(F)(F)F. The fraction of sp³-hybridized carbons (Fsp3) is 0.278. The van der Waals surface area contributed by atoms with Gasteiger partial charge in [-0.25, -0.2) is 4.79 Å². The van der Waals surface area contributed by atoms with Gasteiger partial charge in [0.1, 0.15) is 5.56 Å². The van der Waals surface area contributed by atoms with E-state index in [0.29, 0.717) is 22.6 Å². The summed E-state index contributed by atoms with van der Waals surface area (Å²) in [4.78, 5) is 12.1. The van der Waals surface area contributed by atoms with Gasteiger partial charge in [-0.3, -0.25) is 0 Å². The Labute approximate surface area is 165 Å². The Morgan fingerprint density at radius 2 is 1.68 bits per heavy atom. The maximum absolute atomic E-state index is 12.7. The van der Waals surface area contributed by atoms with Crippen LogP contribution in [0.25, 0.3) is 0 Å². The third-order valence-electron chi connectivity index (χ3n) is 4.14. The molecule has 2 rings (SSSR count). The molecule has 0 atom stereocenters. The zero-order valence-electron chi connectivity index (χ0n) is 15.1.